The minimum absolute atomic E-state index is 0.194. The van der Waals surface area contributed by atoms with Crippen LogP contribution in [0.1, 0.15) is 16.7 Å². The predicted molar refractivity (Wildman–Crippen MR) is 93.6 cm³/mol. The lowest BCUT2D eigenvalue weighted by atomic mass is 10.1. The molecule has 24 heavy (non-hydrogen) atoms. The van der Waals surface area contributed by atoms with Gasteiger partial charge in [-0.15, -0.1) is 0 Å². The second-order valence-electron chi connectivity index (χ2n) is 5.43. The van der Waals surface area contributed by atoms with Crippen LogP contribution in [0.3, 0.4) is 0 Å². The fourth-order valence-electron chi connectivity index (χ4n) is 2.20. The minimum Gasteiger partial charge on any atom is -0.334 e. The van der Waals surface area contributed by atoms with Crippen molar-refractivity contribution in [1.82, 2.24) is 10.2 Å². The fraction of sp³-hybridized carbons (Fsp3) is 0.222. The van der Waals surface area contributed by atoms with E-state index in [1.165, 1.54) is 0 Å². The Morgan fingerprint density at radius 2 is 1.92 bits per heavy atom. The molecule has 2 amide bonds. The molecule has 6 heteroatoms. The molecule has 0 radical (unpaired) electrons. The predicted octanol–water partition coefficient (Wildman–Crippen LogP) is 2.64. The first kappa shape index (κ1) is 17.7. The summed E-state index contributed by atoms with van der Waals surface area (Å²) in [7, 11) is 0.714. The Morgan fingerprint density at radius 1 is 1.21 bits per heavy atom. The zero-order chi connectivity index (χ0) is 17.5. The average molecular weight is 341 g/mol. The van der Waals surface area contributed by atoms with E-state index in [2.05, 4.69) is 11.4 Å². The monoisotopic (exact) mass is 341 g/mol. The maximum absolute atomic E-state index is 12.2. The molecule has 1 atom stereocenters. The van der Waals surface area contributed by atoms with Crippen molar-refractivity contribution in [1.29, 1.82) is 5.26 Å². The number of hydrogen-bond acceptors (Lipinski definition) is 3. The lowest BCUT2D eigenvalue weighted by Crippen LogP contribution is -2.36. The summed E-state index contributed by atoms with van der Waals surface area (Å²) < 4.78 is 11.4. The molecule has 0 saturated heterocycles. The summed E-state index contributed by atoms with van der Waals surface area (Å²) in [5, 5.41) is 11.7. The van der Waals surface area contributed by atoms with E-state index in [4.69, 9.17) is 5.26 Å². The molecular weight excluding hydrogens is 322 g/mol. The lowest BCUT2D eigenvalue weighted by molar-refractivity contribution is 0.206. The van der Waals surface area contributed by atoms with Gasteiger partial charge in [-0.05, 0) is 35.4 Å². The first-order chi connectivity index (χ1) is 11.5. The molecule has 0 spiro atoms. The number of nitrogens with zero attached hydrogens (tertiary/aromatic N) is 2. The summed E-state index contributed by atoms with van der Waals surface area (Å²) in [6.07, 6.45) is 1.63. The van der Waals surface area contributed by atoms with E-state index in [9.17, 15) is 9.00 Å². The van der Waals surface area contributed by atoms with Crippen molar-refractivity contribution in [3.05, 3.63) is 65.2 Å². The van der Waals surface area contributed by atoms with Gasteiger partial charge < -0.3 is 10.2 Å². The van der Waals surface area contributed by atoms with Gasteiger partial charge in [0.15, 0.2) is 0 Å². The largest absolute Gasteiger partial charge is 0.334 e. The number of carbonyl (C=O) groups is 1. The number of nitriles is 1. The molecule has 124 valence electrons. The van der Waals surface area contributed by atoms with Crippen molar-refractivity contribution in [3.63, 3.8) is 0 Å². The summed E-state index contributed by atoms with van der Waals surface area (Å²) in [4.78, 5) is 14.5. The molecule has 0 aliphatic heterocycles. The van der Waals surface area contributed by atoms with E-state index in [-0.39, 0.29) is 6.03 Å². The molecular formula is C18H19N3O2S. The fourth-order valence-corrected chi connectivity index (χ4v) is 2.71. The van der Waals surface area contributed by atoms with Gasteiger partial charge in [0.2, 0.25) is 0 Å². The number of hydrogen-bond donors (Lipinski definition) is 1. The summed E-state index contributed by atoms with van der Waals surface area (Å²) in [6, 6.07) is 16.4. The smallest absolute Gasteiger partial charge is 0.317 e. The van der Waals surface area contributed by atoms with Gasteiger partial charge in [-0.1, -0.05) is 24.3 Å². The standard InChI is InChI=1S/C18H19N3O2S/c1-21(13-14-6-8-17(9-7-14)24(2)23)18(22)20-12-16-5-3-4-15(10-16)11-19/h3-10H,12-13H2,1-2H3,(H,20,22)/t24-/m1/s1. The molecule has 0 aliphatic carbocycles. The summed E-state index contributed by atoms with van der Waals surface area (Å²) in [6.45, 7) is 0.827. The van der Waals surface area contributed by atoms with E-state index in [0.29, 0.717) is 18.7 Å². The molecule has 0 saturated carbocycles. The Balaban J connectivity index is 1.89. The Morgan fingerprint density at radius 3 is 2.54 bits per heavy atom. The molecule has 2 rings (SSSR count). The highest BCUT2D eigenvalue weighted by Crippen LogP contribution is 2.10. The van der Waals surface area contributed by atoms with Crippen LogP contribution in [-0.4, -0.2) is 28.4 Å². The molecule has 0 fully saturated rings. The van der Waals surface area contributed by atoms with Gasteiger partial charge >= 0.3 is 6.03 Å². The SMILES string of the molecule is CN(Cc1ccc([S@@](C)=O)cc1)C(=O)NCc1cccc(C#N)c1. The maximum atomic E-state index is 12.2. The Labute approximate surface area is 144 Å². The Hall–Kier alpha value is -2.65. The number of carbonyl (C=O) groups excluding carboxylic acids is 1. The zero-order valence-electron chi connectivity index (χ0n) is 13.7. The summed E-state index contributed by atoms with van der Waals surface area (Å²) in [5.74, 6) is 0. The van der Waals surface area contributed by atoms with E-state index >= 15 is 0 Å². The third-order valence-electron chi connectivity index (χ3n) is 3.52. The zero-order valence-corrected chi connectivity index (χ0v) is 14.5. The highest BCUT2D eigenvalue weighted by atomic mass is 32.2. The molecule has 2 aromatic carbocycles. The molecule has 5 nitrogen and oxygen atoms in total. The van der Waals surface area contributed by atoms with Crippen molar-refractivity contribution in [2.75, 3.05) is 13.3 Å². The molecule has 1 N–H and O–H groups in total. The average Bonchev–Trinajstić information content (AvgIpc) is 2.60. The highest BCUT2D eigenvalue weighted by Gasteiger charge is 2.09. The molecule has 0 bridgehead atoms. The van der Waals surface area contributed by atoms with E-state index in [1.54, 1.807) is 36.4 Å². The van der Waals surface area contributed by atoms with Crippen molar-refractivity contribution in [2.45, 2.75) is 18.0 Å². The van der Waals surface area contributed by atoms with E-state index in [1.807, 2.05) is 30.3 Å². The van der Waals surface area contributed by atoms with Crippen molar-refractivity contribution in [2.24, 2.45) is 0 Å². The van der Waals surface area contributed by atoms with Crippen LogP contribution >= 0.6 is 0 Å². The number of nitrogens with one attached hydrogen (secondary N) is 1. The third-order valence-corrected chi connectivity index (χ3v) is 4.46. The number of rotatable bonds is 5. The van der Waals surface area contributed by atoms with Gasteiger partial charge in [0.05, 0.1) is 11.6 Å². The second kappa shape index (κ2) is 8.27. The van der Waals surface area contributed by atoms with Crippen molar-refractivity contribution in [3.8, 4) is 6.07 Å². The van der Waals surface area contributed by atoms with E-state index < -0.39 is 10.8 Å². The van der Waals surface area contributed by atoms with Gasteiger partial charge in [-0.3, -0.25) is 4.21 Å². The van der Waals surface area contributed by atoms with Crippen molar-refractivity contribution >= 4 is 16.8 Å². The molecule has 2 aromatic rings. The van der Waals surface area contributed by atoms with E-state index in [0.717, 1.165) is 16.0 Å². The van der Waals surface area contributed by atoms with Gasteiger partial charge in [0, 0.05) is 42.1 Å². The topological polar surface area (TPSA) is 73.2 Å². The van der Waals surface area contributed by atoms with Gasteiger partial charge in [0.25, 0.3) is 0 Å². The van der Waals surface area contributed by atoms with Gasteiger partial charge in [0.1, 0.15) is 0 Å². The van der Waals surface area contributed by atoms with Crippen LogP contribution in [0.4, 0.5) is 4.79 Å². The molecule has 0 unspecified atom stereocenters. The van der Waals surface area contributed by atoms with Crippen LogP contribution in [0.25, 0.3) is 0 Å². The van der Waals surface area contributed by atoms with Crippen LogP contribution in [0.15, 0.2) is 53.4 Å². The molecule has 0 heterocycles. The quantitative estimate of drug-likeness (QED) is 0.908. The number of urea groups is 1. The van der Waals surface area contributed by atoms with Crippen LogP contribution in [0.5, 0.6) is 0 Å². The maximum Gasteiger partial charge on any atom is 0.317 e. The summed E-state index contributed by atoms with van der Waals surface area (Å²) in [5.41, 5.74) is 2.42. The third kappa shape index (κ3) is 4.93. The Kier molecular flexibility index (Phi) is 6.10. The highest BCUT2D eigenvalue weighted by molar-refractivity contribution is 7.84. The van der Waals surface area contributed by atoms with Crippen LogP contribution < -0.4 is 5.32 Å². The molecule has 0 aliphatic rings. The lowest BCUT2D eigenvalue weighted by Gasteiger charge is -2.18. The van der Waals surface area contributed by atoms with Gasteiger partial charge in [-0.25, -0.2) is 4.79 Å². The normalized spacial score (nSPS) is 11.4. The number of benzene rings is 2. The van der Waals surface area contributed by atoms with Crippen LogP contribution in [-0.2, 0) is 23.9 Å². The van der Waals surface area contributed by atoms with Crippen LogP contribution in [0, 0.1) is 11.3 Å². The second-order valence-corrected chi connectivity index (χ2v) is 6.80. The van der Waals surface area contributed by atoms with Crippen LogP contribution in [0.2, 0.25) is 0 Å². The Bertz CT molecular complexity index is 782. The minimum atomic E-state index is -1.00. The number of amides is 2. The summed E-state index contributed by atoms with van der Waals surface area (Å²) >= 11 is 0. The first-order valence-corrected chi connectivity index (χ1v) is 8.96. The van der Waals surface area contributed by atoms with Crippen molar-refractivity contribution < 1.29 is 9.00 Å². The van der Waals surface area contributed by atoms with Gasteiger partial charge in [-0.2, -0.15) is 5.26 Å². The molecule has 0 aromatic heterocycles. The first-order valence-electron chi connectivity index (χ1n) is 7.40.